The summed E-state index contributed by atoms with van der Waals surface area (Å²) in [6, 6.07) is 7.50. The maximum Gasteiger partial charge on any atom is 0.237 e. The van der Waals surface area contributed by atoms with Crippen LogP contribution < -0.4 is 15.4 Å². The van der Waals surface area contributed by atoms with E-state index in [0.29, 0.717) is 24.3 Å². The second-order valence-electron chi connectivity index (χ2n) is 5.62. The Morgan fingerprint density at radius 2 is 2.33 bits per heavy atom. The lowest BCUT2D eigenvalue weighted by Crippen LogP contribution is -2.40. The van der Waals surface area contributed by atoms with Crippen LogP contribution in [0.1, 0.15) is 12.0 Å². The van der Waals surface area contributed by atoms with E-state index in [1.807, 2.05) is 0 Å². The summed E-state index contributed by atoms with van der Waals surface area (Å²) >= 11 is 0. The van der Waals surface area contributed by atoms with E-state index in [1.165, 1.54) is 18.3 Å². The summed E-state index contributed by atoms with van der Waals surface area (Å²) in [4.78, 5) is 15.8. The van der Waals surface area contributed by atoms with Gasteiger partial charge >= 0.3 is 0 Å². The molecule has 2 heterocycles. The highest BCUT2D eigenvalue weighted by Gasteiger charge is 2.27. The van der Waals surface area contributed by atoms with Gasteiger partial charge in [0, 0.05) is 19.3 Å². The molecule has 0 aliphatic carbocycles. The number of halogens is 1. The number of pyridine rings is 1. The number of carbonyl (C=O) groups excluding carboxylic acids is 1. The topological polar surface area (TPSA) is 83.5 Å². The van der Waals surface area contributed by atoms with Crippen LogP contribution in [0.15, 0.2) is 42.7 Å². The van der Waals surface area contributed by atoms with Gasteiger partial charge in [-0.2, -0.15) is 0 Å². The highest BCUT2D eigenvalue weighted by atomic mass is 19.1. The molecule has 1 fully saturated rings. The van der Waals surface area contributed by atoms with Gasteiger partial charge in [0.2, 0.25) is 5.91 Å². The number of nitrogens with zero attached hydrogens (tertiary/aromatic N) is 1. The predicted octanol–water partition coefficient (Wildman–Crippen LogP) is 1.35. The number of β-amino-alcohol motifs (C(OH)–C–C–N with tert-alkyl or cyclic N) is 1. The van der Waals surface area contributed by atoms with Crippen molar-refractivity contribution in [2.75, 3.05) is 6.54 Å². The zero-order chi connectivity index (χ0) is 16.9. The number of nitrogens with one attached hydrogen (secondary N) is 2. The number of ether oxygens (including phenoxy) is 1. The van der Waals surface area contributed by atoms with Crippen LogP contribution in [0.2, 0.25) is 0 Å². The van der Waals surface area contributed by atoms with Gasteiger partial charge in [0.15, 0.2) is 11.6 Å². The summed E-state index contributed by atoms with van der Waals surface area (Å²) in [6.07, 6.45) is 2.99. The Labute approximate surface area is 138 Å². The quantitative estimate of drug-likeness (QED) is 0.770. The molecule has 7 heteroatoms. The molecule has 0 spiro atoms. The third-order valence-corrected chi connectivity index (χ3v) is 3.75. The molecule has 24 heavy (non-hydrogen) atoms. The molecule has 126 valence electrons. The van der Waals surface area contributed by atoms with E-state index in [4.69, 9.17) is 4.74 Å². The molecule has 1 saturated heterocycles. The molecule has 0 bridgehead atoms. The third kappa shape index (κ3) is 4.06. The van der Waals surface area contributed by atoms with E-state index in [9.17, 15) is 14.3 Å². The molecule has 3 N–H and O–H groups in total. The van der Waals surface area contributed by atoms with Crippen molar-refractivity contribution in [1.29, 1.82) is 0 Å². The highest BCUT2D eigenvalue weighted by molar-refractivity contribution is 5.82. The summed E-state index contributed by atoms with van der Waals surface area (Å²) in [5.41, 5.74) is 0.623. The standard InChI is InChI=1S/C17H18FN3O3/c18-14-6-11(8-21-17(23)15-7-12(22)9-20-15)3-4-16(14)24-13-2-1-5-19-10-13/h1-6,10,12,15,20,22H,7-9H2,(H,21,23)/t12-,15+/m1/s1. The molecule has 1 aromatic carbocycles. The van der Waals surface area contributed by atoms with E-state index in [1.54, 1.807) is 24.4 Å². The second-order valence-corrected chi connectivity index (χ2v) is 5.62. The van der Waals surface area contributed by atoms with Gasteiger partial charge in [-0.25, -0.2) is 4.39 Å². The fourth-order valence-electron chi connectivity index (χ4n) is 2.50. The molecule has 6 nitrogen and oxygen atoms in total. The first-order valence-corrected chi connectivity index (χ1v) is 7.67. The lowest BCUT2D eigenvalue weighted by Gasteiger charge is -2.12. The van der Waals surface area contributed by atoms with Gasteiger partial charge in [0.25, 0.3) is 0 Å². The van der Waals surface area contributed by atoms with Crippen LogP contribution in [0.3, 0.4) is 0 Å². The van der Waals surface area contributed by atoms with Crippen LogP contribution in [0.4, 0.5) is 4.39 Å². The van der Waals surface area contributed by atoms with Crippen LogP contribution in [0.5, 0.6) is 11.5 Å². The van der Waals surface area contributed by atoms with Crippen molar-refractivity contribution in [3.8, 4) is 11.5 Å². The van der Waals surface area contributed by atoms with Gasteiger partial charge in [-0.05, 0) is 36.2 Å². The number of benzene rings is 1. The number of aliphatic hydroxyl groups is 1. The summed E-state index contributed by atoms with van der Waals surface area (Å²) in [7, 11) is 0. The highest BCUT2D eigenvalue weighted by Crippen LogP contribution is 2.24. The van der Waals surface area contributed by atoms with Gasteiger partial charge in [-0.1, -0.05) is 6.07 Å². The number of amides is 1. The summed E-state index contributed by atoms with van der Waals surface area (Å²) in [5, 5.41) is 15.1. The summed E-state index contributed by atoms with van der Waals surface area (Å²) in [5.74, 6) is -0.176. The van der Waals surface area contributed by atoms with Gasteiger partial charge in [0.05, 0.1) is 18.3 Å². The Kier molecular flexibility index (Phi) is 5.02. The third-order valence-electron chi connectivity index (χ3n) is 3.75. The normalized spacial score (nSPS) is 19.9. The first kappa shape index (κ1) is 16.4. The van der Waals surface area contributed by atoms with Crippen LogP contribution in [-0.4, -0.2) is 34.7 Å². The molecule has 2 aromatic rings. The number of hydrogen-bond donors (Lipinski definition) is 3. The lowest BCUT2D eigenvalue weighted by molar-refractivity contribution is -0.123. The monoisotopic (exact) mass is 331 g/mol. The molecule has 1 aliphatic heterocycles. The van der Waals surface area contributed by atoms with Gasteiger partial charge < -0.3 is 20.5 Å². The molecule has 1 aromatic heterocycles. The smallest absolute Gasteiger partial charge is 0.237 e. The summed E-state index contributed by atoms with van der Waals surface area (Å²) < 4.78 is 19.5. The van der Waals surface area contributed by atoms with Gasteiger partial charge in [-0.15, -0.1) is 0 Å². The number of rotatable bonds is 5. The Morgan fingerprint density at radius 3 is 3.00 bits per heavy atom. The van der Waals surface area contributed by atoms with E-state index in [-0.39, 0.29) is 18.2 Å². The molecular formula is C17H18FN3O3. The average Bonchev–Trinajstić information content (AvgIpc) is 3.02. The van der Waals surface area contributed by atoms with Crippen LogP contribution in [-0.2, 0) is 11.3 Å². The SMILES string of the molecule is O=C(NCc1ccc(Oc2cccnc2)c(F)c1)[C@@H]1C[C@@H](O)CN1. The molecule has 2 atom stereocenters. The maximum atomic E-state index is 14.1. The second kappa shape index (κ2) is 7.37. The van der Waals surface area contributed by atoms with Crippen LogP contribution in [0.25, 0.3) is 0 Å². The maximum absolute atomic E-state index is 14.1. The van der Waals surface area contributed by atoms with E-state index < -0.39 is 18.0 Å². The van der Waals surface area contributed by atoms with Crippen molar-refractivity contribution in [3.63, 3.8) is 0 Å². The zero-order valence-electron chi connectivity index (χ0n) is 12.9. The molecule has 1 amide bonds. The Morgan fingerprint density at radius 1 is 1.46 bits per heavy atom. The minimum atomic E-state index is -0.514. The van der Waals surface area contributed by atoms with Crippen LogP contribution in [0, 0.1) is 5.82 Å². The lowest BCUT2D eigenvalue weighted by atomic mass is 10.1. The van der Waals surface area contributed by atoms with Gasteiger partial charge in [-0.3, -0.25) is 9.78 Å². The Hall–Kier alpha value is -2.51. The van der Waals surface area contributed by atoms with E-state index >= 15 is 0 Å². The minimum Gasteiger partial charge on any atom is -0.453 e. The first-order chi connectivity index (χ1) is 11.6. The predicted molar refractivity (Wildman–Crippen MR) is 85.0 cm³/mol. The average molecular weight is 331 g/mol. The number of aliphatic hydroxyl groups excluding tert-OH is 1. The van der Waals surface area contributed by atoms with E-state index in [0.717, 1.165) is 0 Å². The molecule has 3 rings (SSSR count). The summed E-state index contributed by atoms with van der Waals surface area (Å²) in [6.45, 7) is 0.615. The Bertz CT molecular complexity index is 711. The van der Waals surface area contributed by atoms with Crippen molar-refractivity contribution in [2.24, 2.45) is 0 Å². The fraction of sp³-hybridized carbons (Fsp3) is 0.294. The van der Waals surface area contributed by atoms with Crippen molar-refractivity contribution in [1.82, 2.24) is 15.6 Å². The van der Waals surface area contributed by atoms with Crippen molar-refractivity contribution in [2.45, 2.75) is 25.1 Å². The minimum absolute atomic E-state index is 0.0960. The number of aromatic nitrogens is 1. The Balaban J connectivity index is 1.57. The first-order valence-electron chi connectivity index (χ1n) is 7.67. The van der Waals surface area contributed by atoms with E-state index in [2.05, 4.69) is 15.6 Å². The van der Waals surface area contributed by atoms with Crippen LogP contribution >= 0.6 is 0 Å². The molecule has 0 saturated carbocycles. The van der Waals surface area contributed by atoms with Crippen molar-refractivity contribution < 1.29 is 19.0 Å². The van der Waals surface area contributed by atoms with Gasteiger partial charge in [0.1, 0.15) is 5.75 Å². The molecular weight excluding hydrogens is 313 g/mol. The zero-order valence-corrected chi connectivity index (χ0v) is 12.9. The molecule has 1 aliphatic rings. The number of hydrogen-bond acceptors (Lipinski definition) is 5. The molecule has 0 radical (unpaired) electrons. The number of carbonyl (C=O) groups is 1. The van der Waals surface area contributed by atoms with Crippen molar-refractivity contribution in [3.05, 3.63) is 54.1 Å². The fourth-order valence-corrected chi connectivity index (χ4v) is 2.50. The molecule has 0 unspecified atom stereocenters. The largest absolute Gasteiger partial charge is 0.453 e. The van der Waals surface area contributed by atoms with Crippen molar-refractivity contribution >= 4 is 5.91 Å².